The van der Waals surface area contributed by atoms with Gasteiger partial charge in [-0.05, 0) is 24.3 Å². The molecule has 3 nitrogen and oxygen atoms in total. The normalized spacial score (nSPS) is 11.6. The lowest BCUT2D eigenvalue weighted by atomic mass is 10.2. The standard InChI is InChI=1S/C11H9F4N3/c12-9-2-1-7(11(13,14)15)5-10(9)16-6-8-3-4-17-18-8/h1-5,16H,6H2,(H,17,18). The van der Waals surface area contributed by atoms with Gasteiger partial charge in [0.25, 0.3) is 0 Å². The summed E-state index contributed by atoms with van der Waals surface area (Å²) >= 11 is 0. The molecule has 7 heteroatoms. The Hall–Kier alpha value is -2.05. The van der Waals surface area contributed by atoms with Crippen LogP contribution in [0, 0.1) is 5.82 Å². The Morgan fingerprint density at radius 3 is 2.61 bits per heavy atom. The molecule has 1 aromatic carbocycles. The second-order valence-corrected chi connectivity index (χ2v) is 3.63. The van der Waals surface area contributed by atoms with E-state index in [1.54, 1.807) is 6.07 Å². The lowest BCUT2D eigenvalue weighted by Gasteiger charge is -2.11. The molecule has 0 unspecified atom stereocenters. The molecule has 1 aromatic heterocycles. The van der Waals surface area contributed by atoms with Gasteiger partial charge in [-0.2, -0.15) is 18.3 Å². The van der Waals surface area contributed by atoms with Gasteiger partial charge in [-0.1, -0.05) is 0 Å². The molecule has 0 saturated carbocycles. The summed E-state index contributed by atoms with van der Waals surface area (Å²) in [6, 6.07) is 3.87. The number of H-pyrrole nitrogens is 1. The Kier molecular flexibility index (Phi) is 3.22. The van der Waals surface area contributed by atoms with Crippen LogP contribution < -0.4 is 5.32 Å². The predicted molar refractivity (Wildman–Crippen MR) is 57.3 cm³/mol. The van der Waals surface area contributed by atoms with Crippen molar-refractivity contribution in [2.75, 3.05) is 5.32 Å². The number of rotatable bonds is 3. The van der Waals surface area contributed by atoms with Crippen LogP contribution >= 0.6 is 0 Å². The summed E-state index contributed by atoms with van der Waals surface area (Å²) in [5, 5.41) is 8.87. The first-order valence-corrected chi connectivity index (χ1v) is 5.05. The molecule has 0 bridgehead atoms. The van der Waals surface area contributed by atoms with Crippen molar-refractivity contribution < 1.29 is 17.6 Å². The molecule has 1 heterocycles. The third-order valence-electron chi connectivity index (χ3n) is 2.32. The fourth-order valence-electron chi connectivity index (χ4n) is 1.41. The van der Waals surface area contributed by atoms with Gasteiger partial charge in [0.1, 0.15) is 5.82 Å². The van der Waals surface area contributed by atoms with Gasteiger partial charge < -0.3 is 5.32 Å². The average Bonchev–Trinajstić information content (AvgIpc) is 2.79. The summed E-state index contributed by atoms with van der Waals surface area (Å²) in [5.74, 6) is -0.734. The van der Waals surface area contributed by atoms with Crippen LogP contribution in [0.3, 0.4) is 0 Å². The zero-order valence-electron chi connectivity index (χ0n) is 9.05. The largest absolute Gasteiger partial charge is 0.416 e. The maximum Gasteiger partial charge on any atom is 0.416 e. The molecule has 0 atom stereocenters. The van der Waals surface area contributed by atoms with Crippen LogP contribution in [0.4, 0.5) is 23.2 Å². The number of hydrogen-bond acceptors (Lipinski definition) is 2. The molecular weight excluding hydrogens is 250 g/mol. The van der Waals surface area contributed by atoms with Crippen molar-refractivity contribution in [1.29, 1.82) is 0 Å². The molecule has 0 aliphatic rings. The summed E-state index contributed by atoms with van der Waals surface area (Å²) in [6.45, 7) is 0.165. The summed E-state index contributed by atoms with van der Waals surface area (Å²) in [7, 11) is 0. The van der Waals surface area contributed by atoms with E-state index in [1.807, 2.05) is 0 Å². The molecule has 18 heavy (non-hydrogen) atoms. The van der Waals surface area contributed by atoms with E-state index in [0.717, 1.165) is 12.1 Å². The van der Waals surface area contributed by atoms with Gasteiger partial charge in [-0.25, -0.2) is 4.39 Å². The SMILES string of the molecule is Fc1ccc(C(F)(F)F)cc1NCc1ccn[nH]1. The highest BCUT2D eigenvalue weighted by molar-refractivity contribution is 5.48. The minimum atomic E-state index is -4.49. The highest BCUT2D eigenvalue weighted by Crippen LogP contribution is 2.31. The van der Waals surface area contributed by atoms with E-state index in [4.69, 9.17) is 0 Å². The van der Waals surface area contributed by atoms with Crippen molar-refractivity contribution in [2.45, 2.75) is 12.7 Å². The lowest BCUT2D eigenvalue weighted by Crippen LogP contribution is -2.08. The van der Waals surface area contributed by atoms with Gasteiger partial charge in [-0.3, -0.25) is 5.10 Å². The summed E-state index contributed by atoms with van der Waals surface area (Å²) in [6.07, 6.45) is -2.99. The molecule has 2 aromatic rings. The zero-order chi connectivity index (χ0) is 13.2. The third-order valence-corrected chi connectivity index (χ3v) is 2.32. The van der Waals surface area contributed by atoms with E-state index < -0.39 is 17.6 Å². The van der Waals surface area contributed by atoms with Gasteiger partial charge in [0.05, 0.1) is 23.5 Å². The number of aromatic amines is 1. The smallest absolute Gasteiger partial charge is 0.377 e. The Balaban J connectivity index is 2.16. The van der Waals surface area contributed by atoms with Gasteiger partial charge in [0.15, 0.2) is 0 Å². The highest BCUT2D eigenvalue weighted by atomic mass is 19.4. The maximum atomic E-state index is 13.3. The van der Waals surface area contributed by atoms with Gasteiger partial charge in [0, 0.05) is 6.20 Å². The zero-order valence-corrected chi connectivity index (χ0v) is 9.05. The number of anilines is 1. The molecule has 2 N–H and O–H groups in total. The van der Waals surface area contributed by atoms with Crippen LogP contribution in [0.15, 0.2) is 30.5 Å². The molecule has 0 radical (unpaired) electrons. The number of nitrogens with one attached hydrogen (secondary N) is 2. The quantitative estimate of drug-likeness (QED) is 0.831. The van der Waals surface area contributed by atoms with Crippen LogP contribution in [-0.4, -0.2) is 10.2 Å². The first-order chi connectivity index (χ1) is 8.47. The Labute approximate surface area is 99.8 Å². The Morgan fingerprint density at radius 1 is 1.22 bits per heavy atom. The molecule has 0 aliphatic heterocycles. The van der Waals surface area contributed by atoms with E-state index in [1.165, 1.54) is 6.20 Å². The van der Waals surface area contributed by atoms with Crippen molar-refractivity contribution in [3.63, 3.8) is 0 Å². The first kappa shape index (κ1) is 12.4. The molecule has 0 spiro atoms. The van der Waals surface area contributed by atoms with Crippen molar-refractivity contribution >= 4 is 5.69 Å². The minimum Gasteiger partial charge on any atom is -0.377 e. The minimum absolute atomic E-state index is 0.165. The van der Waals surface area contributed by atoms with Crippen molar-refractivity contribution in [1.82, 2.24) is 10.2 Å². The van der Waals surface area contributed by atoms with Crippen molar-refractivity contribution in [3.8, 4) is 0 Å². The molecule has 96 valence electrons. The summed E-state index contributed by atoms with van der Waals surface area (Å²) in [5.41, 5.74) is -0.442. The second-order valence-electron chi connectivity index (χ2n) is 3.63. The molecule has 0 aliphatic carbocycles. The van der Waals surface area contributed by atoms with Gasteiger partial charge >= 0.3 is 6.18 Å². The molecule has 0 fully saturated rings. The summed E-state index contributed by atoms with van der Waals surface area (Å²) in [4.78, 5) is 0. The number of halogens is 4. The number of aromatic nitrogens is 2. The van der Waals surface area contributed by atoms with E-state index in [2.05, 4.69) is 15.5 Å². The number of benzene rings is 1. The lowest BCUT2D eigenvalue weighted by molar-refractivity contribution is -0.137. The Bertz CT molecular complexity index is 520. The molecular formula is C11H9F4N3. The number of alkyl halides is 3. The predicted octanol–water partition coefficient (Wildman–Crippen LogP) is 3.18. The highest BCUT2D eigenvalue weighted by Gasteiger charge is 2.31. The monoisotopic (exact) mass is 259 g/mol. The van der Waals surface area contributed by atoms with Crippen LogP contribution in [0.2, 0.25) is 0 Å². The second kappa shape index (κ2) is 4.67. The van der Waals surface area contributed by atoms with E-state index in [0.29, 0.717) is 11.8 Å². The fraction of sp³-hybridized carbons (Fsp3) is 0.182. The first-order valence-electron chi connectivity index (χ1n) is 5.05. The van der Waals surface area contributed by atoms with E-state index >= 15 is 0 Å². The maximum absolute atomic E-state index is 13.3. The van der Waals surface area contributed by atoms with Crippen molar-refractivity contribution in [3.05, 3.63) is 47.5 Å². The number of nitrogens with zero attached hydrogens (tertiary/aromatic N) is 1. The van der Waals surface area contributed by atoms with Crippen LogP contribution in [0.25, 0.3) is 0 Å². The van der Waals surface area contributed by atoms with Gasteiger partial charge in [0.2, 0.25) is 0 Å². The molecule has 0 amide bonds. The number of hydrogen-bond donors (Lipinski definition) is 2. The summed E-state index contributed by atoms with van der Waals surface area (Å²) < 4.78 is 50.7. The molecule has 0 saturated heterocycles. The average molecular weight is 259 g/mol. The van der Waals surface area contributed by atoms with E-state index in [9.17, 15) is 17.6 Å². The third kappa shape index (κ3) is 2.79. The van der Waals surface area contributed by atoms with Crippen LogP contribution in [-0.2, 0) is 12.7 Å². The molecule has 2 rings (SSSR count). The van der Waals surface area contributed by atoms with Crippen LogP contribution in [0.1, 0.15) is 11.3 Å². The van der Waals surface area contributed by atoms with Crippen LogP contribution in [0.5, 0.6) is 0 Å². The van der Waals surface area contributed by atoms with Gasteiger partial charge in [-0.15, -0.1) is 0 Å². The van der Waals surface area contributed by atoms with E-state index in [-0.39, 0.29) is 12.2 Å². The fourth-order valence-corrected chi connectivity index (χ4v) is 1.41. The topological polar surface area (TPSA) is 40.7 Å². The van der Waals surface area contributed by atoms with Crippen molar-refractivity contribution in [2.24, 2.45) is 0 Å². The Morgan fingerprint density at radius 2 is 2.00 bits per heavy atom.